The van der Waals surface area contributed by atoms with Gasteiger partial charge in [0.05, 0.1) is 0 Å². The molecule has 2 nitrogen and oxygen atoms in total. The van der Waals surface area contributed by atoms with Crippen LogP contribution in [-0.2, 0) is 0 Å². The summed E-state index contributed by atoms with van der Waals surface area (Å²) in [7, 11) is 0. The van der Waals surface area contributed by atoms with Gasteiger partial charge in [0.25, 0.3) is 0 Å². The summed E-state index contributed by atoms with van der Waals surface area (Å²) in [6.45, 7) is 0.352. The number of aldehydes is 1. The van der Waals surface area contributed by atoms with E-state index in [1.807, 2.05) is 22.6 Å². The predicted octanol–water partition coefficient (Wildman–Crippen LogP) is 2.27. The third kappa shape index (κ3) is 3.47. The van der Waals surface area contributed by atoms with Crippen LogP contribution in [0.15, 0.2) is 24.3 Å². The number of carbonyl (C=O) groups is 1. The van der Waals surface area contributed by atoms with E-state index in [1.54, 1.807) is 24.3 Å². The third-order valence-electron chi connectivity index (χ3n) is 1.37. The molecule has 0 spiro atoms. The second kappa shape index (κ2) is 5.60. The molecular formula is C10H7IO2. The zero-order chi connectivity index (χ0) is 9.52. The summed E-state index contributed by atoms with van der Waals surface area (Å²) in [4.78, 5) is 10.4. The first-order valence-corrected chi connectivity index (χ1v) is 4.71. The molecule has 0 heterocycles. The van der Waals surface area contributed by atoms with Crippen LogP contribution in [0.2, 0.25) is 0 Å². The molecule has 13 heavy (non-hydrogen) atoms. The van der Waals surface area contributed by atoms with Crippen molar-refractivity contribution in [2.24, 2.45) is 0 Å². The van der Waals surface area contributed by atoms with Gasteiger partial charge in [0, 0.05) is 28.2 Å². The van der Waals surface area contributed by atoms with Crippen LogP contribution in [0, 0.1) is 9.85 Å². The van der Waals surface area contributed by atoms with Crippen molar-refractivity contribution in [3.63, 3.8) is 0 Å². The molecule has 0 radical (unpaired) electrons. The van der Waals surface area contributed by atoms with Crippen LogP contribution in [0.5, 0.6) is 5.75 Å². The topological polar surface area (TPSA) is 26.3 Å². The first-order valence-electron chi connectivity index (χ1n) is 3.63. The molecule has 0 fully saturated rings. The Balaban J connectivity index is 2.64. The molecule has 0 aliphatic carbocycles. The monoisotopic (exact) mass is 286 g/mol. The Labute approximate surface area is 90.4 Å². The van der Waals surface area contributed by atoms with Crippen molar-refractivity contribution in [2.75, 3.05) is 6.61 Å². The summed E-state index contributed by atoms with van der Waals surface area (Å²) in [5.74, 6) is 3.43. The summed E-state index contributed by atoms with van der Waals surface area (Å²) in [5, 5.41) is 0. The molecule has 1 aromatic rings. The Morgan fingerprint density at radius 1 is 1.54 bits per heavy atom. The fourth-order valence-corrected chi connectivity index (χ4v) is 0.980. The molecule has 0 aliphatic heterocycles. The highest BCUT2D eigenvalue weighted by atomic mass is 127. The Bertz CT molecular complexity index is 349. The van der Waals surface area contributed by atoms with Gasteiger partial charge >= 0.3 is 0 Å². The average molecular weight is 286 g/mol. The Morgan fingerprint density at radius 2 is 2.38 bits per heavy atom. The number of carbonyl (C=O) groups excluding carboxylic acids is 1. The van der Waals surface area contributed by atoms with Gasteiger partial charge in [-0.25, -0.2) is 0 Å². The number of hydrogen-bond acceptors (Lipinski definition) is 2. The normalized spacial score (nSPS) is 8.38. The molecule has 0 atom stereocenters. The zero-order valence-corrected chi connectivity index (χ0v) is 8.95. The molecule has 0 bridgehead atoms. The van der Waals surface area contributed by atoms with Gasteiger partial charge in [0.15, 0.2) is 0 Å². The minimum Gasteiger partial charge on any atom is -0.481 e. The maximum atomic E-state index is 10.4. The largest absolute Gasteiger partial charge is 0.481 e. The highest BCUT2D eigenvalue weighted by molar-refractivity contribution is 14.1. The van der Waals surface area contributed by atoms with Gasteiger partial charge in [-0.3, -0.25) is 4.79 Å². The SMILES string of the molecule is O=Cc1cccc(OCC#CI)c1. The standard InChI is InChI=1S/C10H7IO2/c11-5-2-6-13-10-4-1-3-9(7-10)8-12/h1,3-4,7-8H,6H2. The highest BCUT2D eigenvalue weighted by Gasteiger charge is 1.93. The van der Waals surface area contributed by atoms with Gasteiger partial charge in [-0.15, -0.1) is 0 Å². The molecule has 1 rings (SSSR count). The van der Waals surface area contributed by atoms with E-state index in [1.165, 1.54) is 0 Å². The van der Waals surface area contributed by atoms with Crippen molar-refractivity contribution in [3.8, 4) is 15.6 Å². The van der Waals surface area contributed by atoms with E-state index in [9.17, 15) is 4.79 Å². The molecule has 1 aromatic carbocycles. The summed E-state index contributed by atoms with van der Waals surface area (Å²) >= 11 is 1.95. The molecule has 0 aromatic heterocycles. The van der Waals surface area contributed by atoms with Crippen molar-refractivity contribution in [1.29, 1.82) is 0 Å². The van der Waals surface area contributed by atoms with Crippen molar-refractivity contribution in [3.05, 3.63) is 29.8 Å². The van der Waals surface area contributed by atoms with Gasteiger partial charge in [0.1, 0.15) is 18.6 Å². The number of benzene rings is 1. The Morgan fingerprint density at radius 3 is 3.08 bits per heavy atom. The maximum absolute atomic E-state index is 10.4. The van der Waals surface area contributed by atoms with Crippen molar-refractivity contribution in [2.45, 2.75) is 0 Å². The summed E-state index contributed by atoms with van der Waals surface area (Å²) in [6.07, 6.45) is 0.789. The smallest absolute Gasteiger partial charge is 0.150 e. The van der Waals surface area contributed by atoms with Crippen LogP contribution in [0.1, 0.15) is 10.4 Å². The third-order valence-corrected chi connectivity index (χ3v) is 1.75. The number of ether oxygens (including phenoxy) is 1. The molecule has 0 saturated carbocycles. The van der Waals surface area contributed by atoms with Crippen LogP contribution in [0.25, 0.3) is 0 Å². The van der Waals surface area contributed by atoms with E-state index in [0.29, 0.717) is 17.9 Å². The quantitative estimate of drug-likeness (QED) is 0.484. The predicted molar refractivity (Wildman–Crippen MR) is 59.1 cm³/mol. The van der Waals surface area contributed by atoms with Crippen LogP contribution in [-0.4, -0.2) is 12.9 Å². The van der Waals surface area contributed by atoms with Crippen molar-refractivity contribution >= 4 is 28.9 Å². The van der Waals surface area contributed by atoms with E-state index in [0.717, 1.165) is 6.29 Å². The molecule has 0 saturated heterocycles. The molecule has 66 valence electrons. The summed E-state index contributed by atoms with van der Waals surface area (Å²) in [5.41, 5.74) is 0.611. The zero-order valence-electron chi connectivity index (χ0n) is 6.79. The molecule has 0 N–H and O–H groups in total. The second-order valence-electron chi connectivity index (χ2n) is 2.25. The fraction of sp³-hybridized carbons (Fsp3) is 0.100. The van der Waals surface area contributed by atoms with Gasteiger partial charge in [-0.05, 0) is 16.1 Å². The Kier molecular flexibility index (Phi) is 4.33. The van der Waals surface area contributed by atoms with Crippen molar-refractivity contribution < 1.29 is 9.53 Å². The molecule has 0 unspecified atom stereocenters. The molecular weight excluding hydrogens is 279 g/mol. The highest BCUT2D eigenvalue weighted by Crippen LogP contribution is 2.11. The number of rotatable bonds is 3. The van der Waals surface area contributed by atoms with Gasteiger partial charge < -0.3 is 4.74 Å². The second-order valence-corrected chi connectivity index (χ2v) is 2.79. The number of hydrogen-bond donors (Lipinski definition) is 0. The van der Waals surface area contributed by atoms with Crippen LogP contribution >= 0.6 is 22.6 Å². The minimum absolute atomic E-state index is 0.352. The van der Waals surface area contributed by atoms with E-state index >= 15 is 0 Å². The number of halogens is 1. The van der Waals surface area contributed by atoms with Gasteiger partial charge in [-0.2, -0.15) is 0 Å². The molecule has 0 aliphatic rings. The van der Waals surface area contributed by atoms with E-state index in [4.69, 9.17) is 4.74 Å². The lowest BCUT2D eigenvalue weighted by atomic mass is 10.2. The maximum Gasteiger partial charge on any atom is 0.150 e. The summed E-state index contributed by atoms with van der Waals surface area (Å²) < 4.78 is 7.94. The lowest BCUT2D eigenvalue weighted by Crippen LogP contribution is -1.93. The fourth-order valence-electron chi connectivity index (χ4n) is 0.824. The van der Waals surface area contributed by atoms with Crippen LogP contribution in [0.3, 0.4) is 0 Å². The van der Waals surface area contributed by atoms with Gasteiger partial charge in [-0.1, -0.05) is 18.1 Å². The van der Waals surface area contributed by atoms with Crippen LogP contribution < -0.4 is 4.74 Å². The van der Waals surface area contributed by atoms with Crippen LogP contribution in [0.4, 0.5) is 0 Å². The van der Waals surface area contributed by atoms with E-state index < -0.39 is 0 Å². The van der Waals surface area contributed by atoms with E-state index in [2.05, 4.69) is 9.85 Å². The van der Waals surface area contributed by atoms with Gasteiger partial charge in [0.2, 0.25) is 0 Å². The van der Waals surface area contributed by atoms with Crippen molar-refractivity contribution in [1.82, 2.24) is 0 Å². The average Bonchev–Trinajstić information content (AvgIpc) is 2.19. The first kappa shape index (κ1) is 10.1. The first-order chi connectivity index (χ1) is 6.36. The van der Waals surface area contributed by atoms with E-state index in [-0.39, 0.29) is 0 Å². The lowest BCUT2D eigenvalue weighted by molar-refractivity contribution is 0.112. The molecule has 3 heteroatoms. The lowest BCUT2D eigenvalue weighted by Gasteiger charge is -2.01. The summed E-state index contributed by atoms with van der Waals surface area (Å²) in [6, 6.07) is 6.98. The minimum atomic E-state index is 0.352. The Hall–Kier alpha value is -1.02. The molecule has 0 amide bonds.